The van der Waals surface area contributed by atoms with Gasteiger partial charge in [0.1, 0.15) is 0 Å². The van der Waals surface area contributed by atoms with E-state index in [9.17, 15) is 0 Å². The number of rotatable bonds is 15. The monoisotopic (exact) mass is 650 g/mol. The molecule has 2 unspecified atom stereocenters. The zero-order chi connectivity index (χ0) is 33.4. The van der Waals surface area contributed by atoms with E-state index in [-0.39, 0.29) is 0 Å². The minimum atomic E-state index is -0.581. The van der Waals surface area contributed by atoms with Crippen molar-refractivity contribution in [1.29, 1.82) is 0 Å². The van der Waals surface area contributed by atoms with Gasteiger partial charge in [-0.05, 0) is 144 Å². The van der Waals surface area contributed by atoms with Crippen LogP contribution in [0.4, 0.5) is 0 Å². The molecule has 0 aliphatic rings. The van der Waals surface area contributed by atoms with Crippen molar-refractivity contribution in [2.24, 2.45) is 0 Å². The maximum atomic E-state index is 2.61. The molecule has 0 N–H and O–H groups in total. The molecule has 0 saturated carbocycles. The van der Waals surface area contributed by atoms with Gasteiger partial charge in [0.05, 0.1) is 0 Å². The Morgan fingerprint density at radius 3 is 0.587 bits per heavy atom. The molecule has 0 fully saturated rings. The van der Waals surface area contributed by atoms with E-state index in [1.807, 2.05) is 0 Å². The maximum absolute atomic E-state index is 2.61. The highest BCUT2D eigenvalue weighted by Gasteiger charge is 2.33. The molecule has 0 radical (unpaired) electrons. The van der Waals surface area contributed by atoms with Crippen LogP contribution in [0.15, 0.2) is 72.8 Å². The van der Waals surface area contributed by atoms with Gasteiger partial charge in [-0.25, -0.2) is 0 Å². The molecule has 246 valence electrons. The summed E-state index contributed by atoms with van der Waals surface area (Å²) in [4.78, 5) is 0. The molecule has 0 aliphatic carbocycles. The van der Waals surface area contributed by atoms with Crippen LogP contribution in [0.2, 0.25) is 0 Å². The standard InChI is InChI=1S/C44H60P2/c1-11-33-19-34(12-2)24-41(23-33)45(42-25-35(13-3)20-36(14-4)26-42)31(9)32(10)46(43-27-37(15-5)21-38(16-6)28-43)44-29-39(17-7)22-40(18-8)30-44/h19-32H,11-18H2,1-10H3. The van der Waals surface area contributed by atoms with E-state index in [4.69, 9.17) is 0 Å². The van der Waals surface area contributed by atoms with E-state index in [2.05, 4.69) is 142 Å². The second-order valence-electron chi connectivity index (χ2n) is 13.1. The Morgan fingerprint density at radius 2 is 0.457 bits per heavy atom. The number of benzene rings is 4. The molecule has 0 nitrogen and oxygen atoms in total. The largest absolute Gasteiger partial charge is 0.0613 e. The lowest BCUT2D eigenvalue weighted by molar-refractivity contribution is 0.911. The van der Waals surface area contributed by atoms with Crippen molar-refractivity contribution in [3.05, 3.63) is 117 Å². The Kier molecular flexibility index (Phi) is 13.7. The summed E-state index contributed by atoms with van der Waals surface area (Å²) in [5.74, 6) is 0. The van der Waals surface area contributed by atoms with E-state index in [0.717, 1.165) is 51.4 Å². The summed E-state index contributed by atoms with van der Waals surface area (Å²) >= 11 is 0. The summed E-state index contributed by atoms with van der Waals surface area (Å²) < 4.78 is 0. The zero-order valence-electron chi connectivity index (χ0n) is 30.6. The van der Waals surface area contributed by atoms with E-state index in [1.165, 1.54) is 44.5 Å². The van der Waals surface area contributed by atoms with Gasteiger partial charge in [-0.2, -0.15) is 0 Å². The third kappa shape index (κ3) is 8.60. The Bertz CT molecular complexity index is 1260. The first-order valence-electron chi connectivity index (χ1n) is 18.3. The molecule has 0 bridgehead atoms. The van der Waals surface area contributed by atoms with Crippen LogP contribution < -0.4 is 21.2 Å². The van der Waals surface area contributed by atoms with E-state index in [1.54, 1.807) is 21.2 Å². The molecule has 0 aliphatic heterocycles. The van der Waals surface area contributed by atoms with Crippen molar-refractivity contribution >= 4 is 37.1 Å². The van der Waals surface area contributed by atoms with Gasteiger partial charge < -0.3 is 0 Å². The highest BCUT2D eigenvalue weighted by Crippen LogP contribution is 2.52. The first-order valence-corrected chi connectivity index (χ1v) is 21.1. The Balaban J connectivity index is 1.99. The van der Waals surface area contributed by atoms with Crippen LogP contribution in [-0.2, 0) is 51.4 Å². The molecular weight excluding hydrogens is 590 g/mol. The molecule has 46 heavy (non-hydrogen) atoms. The van der Waals surface area contributed by atoms with Crippen LogP contribution >= 0.6 is 15.8 Å². The van der Waals surface area contributed by atoms with Gasteiger partial charge in [-0.1, -0.05) is 142 Å². The van der Waals surface area contributed by atoms with Gasteiger partial charge in [-0.3, -0.25) is 0 Å². The third-order valence-electron chi connectivity index (χ3n) is 10.0. The minimum Gasteiger partial charge on any atom is -0.0613 e. The van der Waals surface area contributed by atoms with E-state index >= 15 is 0 Å². The first-order chi connectivity index (χ1) is 22.2. The van der Waals surface area contributed by atoms with Gasteiger partial charge >= 0.3 is 0 Å². The highest BCUT2D eigenvalue weighted by molar-refractivity contribution is 7.77. The van der Waals surface area contributed by atoms with Crippen LogP contribution in [-0.4, -0.2) is 11.3 Å². The Hall–Kier alpha value is -2.26. The lowest BCUT2D eigenvalue weighted by atomic mass is 10.1. The molecule has 0 aromatic heterocycles. The molecule has 0 saturated heterocycles. The summed E-state index contributed by atoms with van der Waals surface area (Å²) in [6.45, 7) is 23.7. The number of hydrogen-bond acceptors (Lipinski definition) is 0. The van der Waals surface area contributed by atoms with E-state index < -0.39 is 15.8 Å². The lowest BCUT2D eigenvalue weighted by Gasteiger charge is -2.37. The average Bonchev–Trinajstić information content (AvgIpc) is 3.10. The molecular formula is C44H60P2. The van der Waals surface area contributed by atoms with Gasteiger partial charge in [-0.15, -0.1) is 0 Å². The summed E-state index contributed by atoms with van der Waals surface area (Å²) in [5, 5.41) is 6.29. The molecule has 0 spiro atoms. The topological polar surface area (TPSA) is 0 Å². The fourth-order valence-corrected chi connectivity index (χ4v) is 13.4. The summed E-state index contributed by atoms with van der Waals surface area (Å²) in [5.41, 5.74) is 12.9. The molecule has 4 rings (SSSR count). The highest BCUT2D eigenvalue weighted by atomic mass is 31.1. The number of aryl methyl sites for hydroxylation is 8. The van der Waals surface area contributed by atoms with Gasteiger partial charge in [0, 0.05) is 0 Å². The maximum Gasteiger partial charge on any atom is -0.00861 e. The second-order valence-corrected chi connectivity index (χ2v) is 18.3. The summed E-state index contributed by atoms with van der Waals surface area (Å²) in [7, 11) is -1.16. The third-order valence-corrected chi connectivity index (χ3v) is 16.1. The van der Waals surface area contributed by atoms with Gasteiger partial charge in [0.2, 0.25) is 0 Å². The van der Waals surface area contributed by atoms with Crippen molar-refractivity contribution in [1.82, 2.24) is 0 Å². The Labute approximate surface area is 285 Å². The first kappa shape index (κ1) is 36.6. The molecule has 0 amide bonds. The van der Waals surface area contributed by atoms with Crippen molar-refractivity contribution < 1.29 is 0 Å². The molecule has 2 heteroatoms. The predicted octanol–water partition coefficient (Wildman–Crippen LogP) is 10.5. The lowest BCUT2D eigenvalue weighted by Crippen LogP contribution is -2.32. The van der Waals surface area contributed by atoms with Gasteiger partial charge in [0.15, 0.2) is 0 Å². The van der Waals surface area contributed by atoms with Crippen LogP contribution in [0.5, 0.6) is 0 Å². The van der Waals surface area contributed by atoms with Crippen LogP contribution in [0, 0.1) is 0 Å². The molecule has 4 aromatic carbocycles. The summed E-state index contributed by atoms with van der Waals surface area (Å²) in [6, 6.07) is 30.3. The average molecular weight is 651 g/mol. The normalized spacial score (nSPS) is 13.0. The molecule has 2 atom stereocenters. The van der Waals surface area contributed by atoms with Crippen molar-refractivity contribution in [2.75, 3.05) is 0 Å². The number of hydrogen-bond donors (Lipinski definition) is 0. The second kappa shape index (κ2) is 17.2. The summed E-state index contributed by atoms with van der Waals surface area (Å²) in [6.07, 6.45) is 8.69. The quantitative estimate of drug-likeness (QED) is 0.112. The minimum absolute atomic E-state index is 0.514. The zero-order valence-corrected chi connectivity index (χ0v) is 32.4. The van der Waals surface area contributed by atoms with Crippen molar-refractivity contribution in [3.8, 4) is 0 Å². The Morgan fingerprint density at radius 1 is 0.304 bits per heavy atom. The fraction of sp³-hybridized carbons (Fsp3) is 0.455. The van der Waals surface area contributed by atoms with Crippen LogP contribution in [0.1, 0.15) is 114 Å². The van der Waals surface area contributed by atoms with E-state index in [0.29, 0.717) is 11.3 Å². The SMILES string of the molecule is CCc1cc(CC)cc(P(c2cc(CC)cc(CC)c2)C(C)C(C)P(c2cc(CC)cc(CC)c2)c2cc(CC)cc(CC)c2)c1. The van der Waals surface area contributed by atoms with Crippen LogP contribution in [0.3, 0.4) is 0 Å². The van der Waals surface area contributed by atoms with Gasteiger partial charge in [0.25, 0.3) is 0 Å². The fourth-order valence-electron chi connectivity index (χ4n) is 6.83. The molecule has 0 heterocycles. The predicted molar refractivity (Wildman–Crippen MR) is 212 cm³/mol. The smallest absolute Gasteiger partial charge is 0.00861 e. The van der Waals surface area contributed by atoms with Crippen LogP contribution in [0.25, 0.3) is 0 Å². The van der Waals surface area contributed by atoms with Crippen molar-refractivity contribution in [3.63, 3.8) is 0 Å². The molecule has 4 aromatic rings. The van der Waals surface area contributed by atoms with Crippen molar-refractivity contribution in [2.45, 2.75) is 132 Å².